The van der Waals surface area contributed by atoms with Gasteiger partial charge in [0.1, 0.15) is 0 Å². The maximum absolute atomic E-state index is 3.64. The molecule has 2 heteroatoms. The third-order valence-electron chi connectivity index (χ3n) is 4.06. The smallest absolute Gasteiger partial charge is 0.0356 e. The van der Waals surface area contributed by atoms with Crippen molar-refractivity contribution in [2.24, 2.45) is 0 Å². The van der Waals surface area contributed by atoms with Crippen LogP contribution in [0.5, 0.6) is 0 Å². The average molecular weight is 330 g/mol. The molecule has 1 aliphatic rings. The molecule has 1 aliphatic carbocycles. The van der Waals surface area contributed by atoms with Crippen LogP contribution in [-0.2, 0) is 0 Å². The van der Waals surface area contributed by atoms with Crippen molar-refractivity contribution in [3.05, 3.63) is 63.6 Å². The van der Waals surface area contributed by atoms with Crippen LogP contribution in [0.4, 0.5) is 5.69 Å². The highest BCUT2D eigenvalue weighted by Crippen LogP contribution is 2.39. The van der Waals surface area contributed by atoms with Crippen LogP contribution in [0.1, 0.15) is 35.4 Å². The molecule has 1 N–H and O–H groups in total. The van der Waals surface area contributed by atoms with Crippen molar-refractivity contribution in [2.45, 2.75) is 38.6 Å². The Kier molecular flexibility index (Phi) is 3.84. The van der Waals surface area contributed by atoms with Crippen LogP contribution in [-0.4, -0.2) is 6.04 Å². The summed E-state index contributed by atoms with van der Waals surface area (Å²) in [5, 5.41) is 3.64. The Morgan fingerprint density at radius 1 is 1.00 bits per heavy atom. The van der Waals surface area contributed by atoms with Crippen molar-refractivity contribution in [1.29, 1.82) is 0 Å². The van der Waals surface area contributed by atoms with Crippen LogP contribution in [0.25, 0.3) is 0 Å². The molecule has 0 heterocycles. The maximum Gasteiger partial charge on any atom is 0.0356 e. The van der Waals surface area contributed by atoms with Gasteiger partial charge in [-0.15, -0.1) is 0 Å². The molecule has 104 valence electrons. The van der Waals surface area contributed by atoms with E-state index in [4.69, 9.17) is 0 Å². The normalized spacial score (nSPS) is 21.4. The van der Waals surface area contributed by atoms with Crippen molar-refractivity contribution in [3.8, 4) is 0 Å². The lowest BCUT2D eigenvalue weighted by molar-refractivity contribution is 0.374. The second-order valence-corrected chi connectivity index (χ2v) is 6.86. The first kappa shape index (κ1) is 13.7. The first-order valence-electron chi connectivity index (χ1n) is 7.20. The minimum atomic E-state index is 0.606. The van der Waals surface area contributed by atoms with Gasteiger partial charge in [0.05, 0.1) is 0 Å². The molecule has 0 unspecified atom stereocenters. The van der Waals surface area contributed by atoms with Crippen molar-refractivity contribution >= 4 is 21.6 Å². The Labute approximate surface area is 129 Å². The summed E-state index contributed by atoms with van der Waals surface area (Å²) in [7, 11) is 0. The average Bonchev–Trinajstić information content (AvgIpc) is 2.32. The predicted octanol–water partition coefficient (Wildman–Crippen LogP) is 5.42. The highest BCUT2D eigenvalue weighted by Gasteiger charge is 2.30. The highest BCUT2D eigenvalue weighted by molar-refractivity contribution is 9.10. The molecule has 3 rings (SSSR count). The Morgan fingerprint density at radius 3 is 2.50 bits per heavy atom. The molecule has 0 aliphatic heterocycles. The number of nitrogens with one attached hydrogen (secondary N) is 1. The molecule has 0 aromatic heterocycles. The summed E-state index contributed by atoms with van der Waals surface area (Å²) in [6, 6.07) is 16.0. The predicted molar refractivity (Wildman–Crippen MR) is 89.4 cm³/mol. The van der Waals surface area contributed by atoms with Crippen molar-refractivity contribution < 1.29 is 0 Å². The summed E-state index contributed by atoms with van der Waals surface area (Å²) in [6.45, 7) is 4.30. The number of aryl methyl sites for hydroxylation is 2. The van der Waals surface area contributed by atoms with Crippen molar-refractivity contribution in [1.82, 2.24) is 0 Å². The molecule has 0 radical (unpaired) electrons. The number of halogens is 1. The zero-order valence-electron chi connectivity index (χ0n) is 12.0. The van der Waals surface area contributed by atoms with Gasteiger partial charge in [0, 0.05) is 16.2 Å². The van der Waals surface area contributed by atoms with Gasteiger partial charge in [0.25, 0.3) is 0 Å². The van der Waals surface area contributed by atoms with Crippen LogP contribution in [0, 0.1) is 13.8 Å². The van der Waals surface area contributed by atoms with Crippen LogP contribution in [0.15, 0.2) is 46.9 Å². The standard InChI is InChI=1S/C18H20BrN/c1-12-4-3-5-14(6-12)15-9-18(10-15)20-17-8-13(2)7-16(19)11-17/h3-8,11,15,18,20H,9-10H2,1-2H3. The van der Waals surface area contributed by atoms with Crippen LogP contribution < -0.4 is 5.32 Å². The Morgan fingerprint density at radius 2 is 1.80 bits per heavy atom. The van der Waals surface area contributed by atoms with E-state index in [9.17, 15) is 0 Å². The zero-order valence-corrected chi connectivity index (χ0v) is 13.6. The molecule has 0 bridgehead atoms. The van der Waals surface area contributed by atoms with E-state index in [1.807, 2.05) is 0 Å². The number of hydrogen-bond donors (Lipinski definition) is 1. The number of hydrogen-bond acceptors (Lipinski definition) is 1. The SMILES string of the molecule is Cc1cc(Br)cc(NC2CC(c3cccc(C)c3)C2)c1. The molecule has 2 aromatic rings. The molecule has 0 atom stereocenters. The van der Waals surface area contributed by atoms with Crippen molar-refractivity contribution in [2.75, 3.05) is 5.32 Å². The number of rotatable bonds is 3. The number of anilines is 1. The zero-order chi connectivity index (χ0) is 14.1. The van der Waals surface area contributed by atoms with E-state index in [2.05, 4.69) is 77.6 Å². The summed E-state index contributed by atoms with van der Waals surface area (Å²) in [5.41, 5.74) is 5.37. The van der Waals surface area contributed by atoms with Crippen LogP contribution in [0.3, 0.4) is 0 Å². The Bertz CT molecular complexity index is 594. The maximum atomic E-state index is 3.64. The minimum absolute atomic E-state index is 0.606. The number of benzene rings is 2. The van der Waals surface area contributed by atoms with Gasteiger partial charge >= 0.3 is 0 Å². The van der Waals surface area contributed by atoms with Crippen LogP contribution >= 0.6 is 15.9 Å². The third-order valence-corrected chi connectivity index (χ3v) is 4.52. The molecule has 1 fully saturated rings. The van der Waals surface area contributed by atoms with Gasteiger partial charge < -0.3 is 5.32 Å². The highest BCUT2D eigenvalue weighted by atomic mass is 79.9. The minimum Gasteiger partial charge on any atom is -0.382 e. The van der Waals surface area contributed by atoms with Gasteiger partial charge in [0.2, 0.25) is 0 Å². The van der Waals surface area contributed by atoms with E-state index >= 15 is 0 Å². The van der Waals surface area contributed by atoms with Gasteiger partial charge in [-0.05, 0) is 61.9 Å². The molecular weight excluding hydrogens is 310 g/mol. The lowest BCUT2D eigenvalue weighted by atomic mass is 9.75. The Hall–Kier alpha value is -1.28. The van der Waals surface area contributed by atoms with Crippen molar-refractivity contribution in [3.63, 3.8) is 0 Å². The van der Waals surface area contributed by atoms with E-state index < -0.39 is 0 Å². The second kappa shape index (κ2) is 5.61. The third kappa shape index (κ3) is 3.06. The fourth-order valence-corrected chi connectivity index (χ4v) is 3.60. The quantitative estimate of drug-likeness (QED) is 0.792. The van der Waals surface area contributed by atoms with Gasteiger partial charge in [-0.2, -0.15) is 0 Å². The molecule has 1 saturated carbocycles. The summed E-state index contributed by atoms with van der Waals surface area (Å²) in [6.07, 6.45) is 2.46. The van der Waals surface area contributed by atoms with E-state index in [-0.39, 0.29) is 0 Å². The first-order chi connectivity index (χ1) is 9.60. The summed E-state index contributed by atoms with van der Waals surface area (Å²) >= 11 is 3.56. The van der Waals surface area contributed by atoms with Gasteiger partial charge in [-0.1, -0.05) is 45.8 Å². The van der Waals surface area contributed by atoms with Gasteiger partial charge in [0.15, 0.2) is 0 Å². The monoisotopic (exact) mass is 329 g/mol. The second-order valence-electron chi connectivity index (χ2n) is 5.94. The summed E-state index contributed by atoms with van der Waals surface area (Å²) in [5.74, 6) is 0.723. The van der Waals surface area contributed by atoms with Gasteiger partial charge in [-0.25, -0.2) is 0 Å². The molecule has 0 saturated heterocycles. The van der Waals surface area contributed by atoms with Gasteiger partial charge in [-0.3, -0.25) is 0 Å². The summed E-state index contributed by atoms with van der Waals surface area (Å²) in [4.78, 5) is 0. The molecule has 0 spiro atoms. The topological polar surface area (TPSA) is 12.0 Å². The molecule has 20 heavy (non-hydrogen) atoms. The van der Waals surface area contributed by atoms with E-state index in [0.717, 1.165) is 10.4 Å². The fourth-order valence-electron chi connectivity index (χ4n) is 2.99. The molecule has 1 nitrogen and oxygen atoms in total. The molecule has 2 aromatic carbocycles. The van der Waals surface area contributed by atoms with E-state index in [0.29, 0.717) is 6.04 Å². The van der Waals surface area contributed by atoms with E-state index in [1.165, 1.54) is 35.2 Å². The largest absolute Gasteiger partial charge is 0.382 e. The van der Waals surface area contributed by atoms with Crippen LogP contribution in [0.2, 0.25) is 0 Å². The summed E-state index contributed by atoms with van der Waals surface area (Å²) < 4.78 is 1.15. The molecular formula is C18H20BrN. The first-order valence-corrected chi connectivity index (χ1v) is 8.00. The lowest BCUT2D eigenvalue weighted by Gasteiger charge is -2.37. The lowest BCUT2D eigenvalue weighted by Crippen LogP contribution is -2.34. The fraction of sp³-hybridized carbons (Fsp3) is 0.333. The Balaban J connectivity index is 1.61. The van der Waals surface area contributed by atoms with E-state index in [1.54, 1.807) is 0 Å². The molecule has 0 amide bonds.